The second-order valence-corrected chi connectivity index (χ2v) is 3.19. The van der Waals surface area contributed by atoms with Crippen LogP contribution in [0.1, 0.15) is 0 Å². The number of hydrogen-bond acceptors (Lipinski definition) is 4. The zero-order chi connectivity index (χ0) is 6.97. The lowest BCUT2D eigenvalue weighted by Crippen LogP contribution is -2.62. The van der Waals surface area contributed by atoms with E-state index in [4.69, 9.17) is 0 Å². The maximum absolute atomic E-state index is 3.33. The van der Waals surface area contributed by atoms with Gasteiger partial charge in [0.1, 0.15) is 0 Å². The van der Waals surface area contributed by atoms with Crippen molar-refractivity contribution in [2.24, 2.45) is 0 Å². The second kappa shape index (κ2) is 2.47. The summed E-state index contributed by atoms with van der Waals surface area (Å²) in [5, 5.41) is 3.33. The van der Waals surface area contributed by atoms with Gasteiger partial charge >= 0.3 is 0 Å². The highest BCUT2D eigenvalue weighted by Gasteiger charge is 2.23. The quantitative estimate of drug-likeness (QED) is 0.465. The Morgan fingerprint density at radius 3 is 2.20 bits per heavy atom. The van der Waals surface area contributed by atoms with E-state index < -0.39 is 0 Å². The van der Waals surface area contributed by atoms with Crippen molar-refractivity contribution in [3.63, 3.8) is 0 Å². The van der Waals surface area contributed by atoms with Gasteiger partial charge < -0.3 is 0 Å². The highest BCUT2D eigenvalue weighted by Crippen LogP contribution is 2.05. The van der Waals surface area contributed by atoms with Crippen LogP contribution in [-0.4, -0.2) is 55.1 Å². The summed E-state index contributed by atoms with van der Waals surface area (Å²) < 4.78 is 0. The summed E-state index contributed by atoms with van der Waals surface area (Å²) >= 11 is 0. The summed E-state index contributed by atoms with van der Waals surface area (Å²) in [7, 11) is 2.16. The Bertz CT molecular complexity index is 111. The highest BCUT2D eigenvalue weighted by molar-refractivity contribution is 4.69. The average molecular weight is 142 g/mol. The molecule has 2 unspecified atom stereocenters. The molecule has 2 heterocycles. The molecule has 2 aliphatic heterocycles. The van der Waals surface area contributed by atoms with Crippen molar-refractivity contribution in [1.82, 2.24) is 20.0 Å². The molecule has 0 aromatic rings. The van der Waals surface area contributed by atoms with Crippen molar-refractivity contribution in [1.29, 1.82) is 0 Å². The van der Waals surface area contributed by atoms with Gasteiger partial charge in [-0.25, -0.2) is 0 Å². The predicted molar refractivity (Wildman–Crippen MR) is 38.9 cm³/mol. The Hall–Kier alpha value is -0.160. The van der Waals surface area contributed by atoms with Crippen LogP contribution >= 0.6 is 0 Å². The zero-order valence-electron chi connectivity index (χ0n) is 6.38. The molecule has 4 nitrogen and oxygen atoms in total. The van der Waals surface area contributed by atoms with E-state index in [1.54, 1.807) is 0 Å². The lowest BCUT2D eigenvalue weighted by atomic mass is 10.5. The third-order valence-electron chi connectivity index (χ3n) is 1.95. The number of nitrogens with one attached hydrogen (secondary N) is 1. The second-order valence-electron chi connectivity index (χ2n) is 3.19. The molecule has 0 amide bonds. The van der Waals surface area contributed by atoms with Crippen LogP contribution in [-0.2, 0) is 0 Å². The molecule has 0 aromatic heterocycles. The van der Waals surface area contributed by atoms with Gasteiger partial charge in [0.15, 0.2) is 0 Å². The summed E-state index contributed by atoms with van der Waals surface area (Å²) in [6.45, 7) is 5.42. The van der Waals surface area contributed by atoms with E-state index in [-0.39, 0.29) is 0 Å². The van der Waals surface area contributed by atoms with Gasteiger partial charge in [0, 0.05) is 0 Å². The van der Waals surface area contributed by atoms with Crippen LogP contribution < -0.4 is 5.32 Å². The topological polar surface area (TPSA) is 21.8 Å². The molecule has 58 valence electrons. The molecule has 10 heavy (non-hydrogen) atoms. The molecule has 4 heteroatoms. The van der Waals surface area contributed by atoms with Gasteiger partial charge in [0.25, 0.3) is 0 Å². The van der Waals surface area contributed by atoms with Crippen LogP contribution in [0.5, 0.6) is 0 Å². The van der Waals surface area contributed by atoms with Crippen LogP contribution in [0.2, 0.25) is 0 Å². The van der Waals surface area contributed by atoms with Gasteiger partial charge in [-0.05, 0) is 7.05 Å². The Labute approximate surface area is 61.4 Å². The summed E-state index contributed by atoms with van der Waals surface area (Å²) in [5.41, 5.74) is 0. The van der Waals surface area contributed by atoms with E-state index in [2.05, 4.69) is 27.1 Å². The minimum absolute atomic E-state index is 1.04. The van der Waals surface area contributed by atoms with Crippen LogP contribution in [0.4, 0.5) is 0 Å². The minimum Gasteiger partial charge on any atom is -0.291 e. The fourth-order valence-corrected chi connectivity index (χ4v) is 1.67. The fourth-order valence-electron chi connectivity index (χ4n) is 1.67. The van der Waals surface area contributed by atoms with Gasteiger partial charge in [0.05, 0.1) is 33.3 Å². The van der Waals surface area contributed by atoms with Gasteiger partial charge in [-0.3, -0.25) is 20.0 Å². The first-order valence-corrected chi connectivity index (χ1v) is 3.68. The Balaban J connectivity index is 1.98. The lowest BCUT2D eigenvalue weighted by Gasteiger charge is -2.44. The number of nitrogens with zero attached hydrogens (tertiary/aromatic N) is 3. The maximum Gasteiger partial charge on any atom is 0.0554 e. The fraction of sp³-hybridized carbons (Fsp3) is 1.00. The Morgan fingerprint density at radius 1 is 1.00 bits per heavy atom. The summed E-state index contributed by atoms with van der Waals surface area (Å²) in [5.74, 6) is 0. The molecule has 0 saturated carbocycles. The average Bonchev–Trinajstić information content (AvgIpc) is 1.85. The standard InChI is InChI=1S/C6H14N4/c1-8-4-9-2-7-3-10(5-8)6-9/h7H,2-6H2,1H3. The number of fused-ring (bicyclic) bond motifs is 2. The Morgan fingerprint density at radius 2 is 1.60 bits per heavy atom. The third-order valence-corrected chi connectivity index (χ3v) is 1.95. The molecule has 2 atom stereocenters. The van der Waals surface area contributed by atoms with E-state index in [0.717, 1.165) is 33.3 Å². The summed E-state index contributed by atoms with van der Waals surface area (Å²) in [6.07, 6.45) is 0. The van der Waals surface area contributed by atoms with Crippen molar-refractivity contribution in [3.05, 3.63) is 0 Å². The van der Waals surface area contributed by atoms with Crippen molar-refractivity contribution in [2.75, 3.05) is 40.4 Å². The maximum atomic E-state index is 3.33. The molecule has 2 rings (SSSR count). The first-order valence-electron chi connectivity index (χ1n) is 3.68. The van der Waals surface area contributed by atoms with Gasteiger partial charge in [-0.15, -0.1) is 0 Å². The molecule has 2 bridgehead atoms. The first kappa shape index (κ1) is 6.54. The minimum atomic E-state index is 1.04. The van der Waals surface area contributed by atoms with E-state index >= 15 is 0 Å². The molecule has 0 spiro atoms. The summed E-state index contributed by atoms with van der Waals surface area (Å²) in [4.78, 5) is 7.09. The normalized spacial score (nSPS) is 41.7. The molecular weight excluding hydrogens is 128 g/mol. The zero-order valence-corrected chi connectivity index (χ0v) is 6.38. The Kier molecular flexibility index (Phi) is 1.61. The van der Waals surface area contributed by atoms with Crippen molar-refractivity contribution < 1.29 is 0 Å². The number of hydrogen-bond donors (Lipinski definition) is 1. The van der Waals surface area contributed by atoms with Gasteiger partial charge in [0.2, 0.25) is 0 Å². The lowest BCUT2D eigenvalue weighted by molar-refractivity contribution is -0.0557. The SMILES string of the molecule is CN1CN2CNCN(C1)C2. The molecule has 2 aliphatic rings. The van der Waals surface area contributed by atoms with Crippen LogP contribution in [0.25, 0.3) is 0 Å². The first-order chi connectivity index (χ1) is 4.84. The third kappa shape index (κ3) is 1.15. The summed E-state index contributed by atoms with van der Waals surface area (Å²) in [6, 6.07) is 0. The molecule has 0 aromatic carbocycles. The molecule has 1 N–H and O–H groups in total. The van der Waals surface area contributed by atoms with E-state index in [9.17, 15) is 0 Å². The molecule has 2 saturated heterocycles. The molecule has 2 fully saturated rings. The van der Waals surface area contributed by atoms with Crippen LogP contribution in [0, 0.1) is 0 Å². The van der Waals surface area contributed by atoms with Gasteiger partial charge in [-0.1, -0.05) is 0 Å². The predicted octanol–water partition coefficient (Wildman–Crippen LogP) is -1.07. The van der Waals surface area contributed by atoms with Crippen molar-refractivity contribution in [2.45, 2.75) is 0 Å². The van der Waals surface area contributed by atoms with E-state index in [0.29, 0.717) is 0 Å². The van der Waals surface area contributed by atoms with Crippen molar-refractivity contribution >= 4 is 0 Å². The molecular formula is C6H14N4. The number of rotatable bonds is 0. The van der Waals surface area contributed by atoms with Crippen molar-refractivity contribution in [3.8, 4) is 0 Å². The largest absolute Gasteiger partial charge is 0.291 e. The van der Waals surface area contributed by atoms with Crippen LogP contribution in [0.15, 0.2) is 0 Å². The van der Waals surface area contributed by atoms with Crippen LogP contribution in [0.3, 0.4) is 0 Å². The van der Waals surface area contributed by atoms with E-state index in [1.165, 1.54) is 0 Å². The molecule has 0 radical (unpaired) electrons. The highest BCUT2D eigenvalue weighted by atomic mass is 15.5. The smallest absolute Gasteiger partial charge is 0.0554 e. The van der Waals surface area contributed by atoms with E-state index in [1.807, 2.05) is 0 Å². The molecule has 0 aliphatic carbocycles. The van der Waals surface area contributed by atoms with Gasteiger partial charge in [-0.2, -0.15) is 0 Å². The monoisotopic (exact) mass is 142 g/mol.